The summed E-state index contributed by atoms with van der Waals surface area (Å²) < 4.78 is 64.9. The molecule has 0 aliphatic carbocycles. The van der Waals surface area contributed by atoms with E-state index in [9.17, 15) is 21.6 Å². The lowest BCUT2D eigenvalue weighted by Crippen LogP contribution is -2.51. The third kappa shape index (κ3) is 3.08. The van der Waals surface area contributed by atoms with Crippen LogP contribution in [0.15, 0.2) is 17.0 Å². The van der Waals surface area contributed by atoms with Crippen LogP contribution in [0.2, 0.25) is 0 Å². The first-order valence-corrected chi connectivity index (χ1v) is 7.15. The Morgan fingerprint density at radius 1 is 1.25 bits per heavy atom. The molecule has 1 saturated heterocycles. The molecule has 9 heteroatoms. The molecule has 0 bridgehead atoms. The third-order valence-electron chi connectivity index (χ3n) is 2.95. The Morgan fingerprint density at radius 2 is 1.90 bits per heavy atom. The highest BCUT2D eigenvalue weighted by Crippen LogP contribution is 2.23. The Bertz CT molecular complexity index is 598. The van der Waals surface area contributed by atoms with E-state index in [1.807, 2.05) is 0 Å². The van der Waals surface area contributed by atoms with Gasteiger partial charge < -0.3 is 5.32 Å². The number of sulfonamides is 1. The Balaban J connectivity index is 0.00000200. The second-order valence-corrected chi connectivity index (χ2v) is 6.30. The molecule has 1 aliphatic rings. The maximum atomic E-state index is 13.6. The summed E-state index contributed by atoms with van der Waals surface area (Å²) in [5.41, 5.74) is 0. The second-order valence-electron chi connectivity index (χ2n) is 4.39. The molecule has 0 aromatic heterocycles. The highest BCUT2D eigenvalue weighted by Gasteiger charge is 2.32. The van der Waals surface area contributed by atoms with Crippen molar-refractivity contribution in [3.8, 4) is 0 Å². The summed E-state index contributed by atoms with van der Waals surface area (Å²) in [7, 11) is -4.15. The van der Waals surface area contributed by atoms with Crippen LogP contribution in [0.4, 0.5) is 13.2 Å². The van der Waals surface area contributed by atoms with Crippen molar-refractivity contribution >= 4 is 22.4 Å². The zero-order chi connectivity index (χ0) is 14.2. The highest BCUT2D eigenvalue weighted by atomic mass is 35.5. The van der Waals surface area contributed by atoms with E-state index in [0.717, 1.165) is 10.4 Å². The molecule has 1 heterocycles. The highest BCUT2D eigenvalue weighted by molar-refractivity contribution is 7.89. The normalized spacial score (nSPS) is 20.5. The maximum Gasteiger partial charge on any atom is 0.246 e. The minimum atomic E-state index is -4.15. The fourth-order valence-electron chi connectivity index (χ4n) is 1.96. The van der Waals surface area contributed by atoms with Gasteiger partial charge in [-0.3, -0.25) is 0 Å². The summed E-state index contributed by atoms with van der Waals surface area (Å²) in [6, 6.07) is 1.27. The van der Waals surface area contributed by atoms with Crippen LogP contribution in [0.1, 0.15) is 6.92 Å². The van der Waals surface area contributed by atoms with Gasteiger partial charge in [0.2, 0.25) is 10.0 Å². The molecular formula is C11H14ClF3N2O2S. The Morgan fingerprint density at radius 3 is 2.50 bits per heavy atom. The maximum absolute atomic E-state index is 13.6. The van der Waals surface area contributed by atoms with Crippen LogP contribution < -0.4 is 5.32 Å². The van der Waals surface area contributed by atoms with E-state index in [0.29, 0.717) is 12.6 Å². The van der Waals surface area contributed by atoms with Gasteiger partial charge >= 0.3 is 0 Å². The molecule has 20 heavy (non-hydrogen) atoms. The SMILES string of the molecule is C[C@H]1CN(S(=O)(=O)c2ccc(F)c(F)c2F)CCN1.Cl. The molecule has 0 unspecified atom stereocenters. The smallest absolute Gasteiger partial charge is 0.246 e. The quantitative estimate of drug-likeness (QED) is 0.836. The zero-order valence-corrected chi connectivity index (χ0v) is 12.2. The summed E-state index contributed by atoms with van der Waals surface area (Å²) in [6.45, 7) is 2.51. The zero-order valence-electron chi connectivity index (χ0n) is 10.6. The minimum absolute atomic E-state index is 0. The number of nitrogens with zero attached hydrogens (tertiary/aromatic N) is 1. The summed E-state index contributed by atoms with van der Waals surface area (Å²) in [5.74, 6) is -4.86. The largest absolute Gasteiger partial charge is 0.312 e. The van der Waals surface area contributed by atoms with Crippen molar-refractivity contribution in [1.82, 2.24) is 9.62 Å². The second kappa shape index (κ2) is 6.30. The number of rotatable bonds is 2. The lowest BCUT2D eigenvalue weighted by molar-refractivity contribution is 0.308. The van der Waals surface area contributed by atoms with Gasteiger partial charge in [-0.2, -0.15) is 4.31 Å². The number of piperazine rings is 1. The lowest BCUT2D eigenvalue weighted by atomic mass is 10.3. The van der Waals surface area contributed by atoms with E-state index in [4.69, 9.17) is 0 Å². The predicted octanol–water partition coefficient (Wildman–Crippen LogP) is 1.51. The minimum Gasteiger partial charge on any atom is -0.312 e. The fourth-order valence-corrected chi connectivity index (χ4v) is 3.55. The third-order valence-corrected chi connectivity index (χ3v) is 4.83. The van der Waals surface area contributed by atoms with Gasteiger partial charge in [0.1, 0.15) is 4.90 Å². The van der Waals surface area contributed by atoms with Crippen molar-refractivity contribution in [2.75, 3.05) is 19.6 Å². The van der Waals surface area contributed by atoms with Gasteiger partial charge in [0.15, 0.2) is 17.5 Å². The van der Waals surface area contributed by atoms with Gasteiger partial charge in [-0.05, 0) is 19.1 Å². The molecule has 114 valence electrons. The lowest BCUT2D eigenvalue weighted by Gasteiger charge is -2.31. The van der Waals surface area contributed by atoms with E-state index in [-0.39, 0.29) is 31.5 Å². The summed E-state index contributed by atoms with van der Waals surface area (Å²) in [6.07, 6.45) is 0. The van der Waals surface area contributed by atoms with Crippen LogP contribution in [0, 0.1) is 17.5 Å². The summed E-state index contributed by atoms with van der Waals surface area (Å²) in [4.78, 5) is -0.833. The van der Waals surface area contributed by atoms with E-state index >= 15 is 0 Å². The van der Waals surface area contributed by atoms with Gasteiger partial charge in [-0.15, -0.1) is 12.4 Å². The molecule has 1 aromatic carbocycles. The standard InChI is InChI=1S/C11H13F3N2O2S.ClH/c1-7-6-16(5-4-15-7)19(17,18)9-3-2-8(12)10(13)11(9)14;/h2-3,7,15H,4-6H2,1H3;1H/t7-;/m0./s1. The van der Waals surface area contributed by atoms with Crippen LogP contribution in [0.3, 0.4) is 0 Å². The number of hydrogen-bond acceptors (Lipinski definition) is 3. The van der Waals surface area contributed by atoms with Crippen molar-refractivity contribution < 1.29 is 21.6 Å². The molecule has 1 atom stereocenters. The Kier molecular flexibility index (Phi) is 5.42. The number of halogens is 4. The van der Waals surface area contributed by atoms with Gasteiger partial charge in [0, 0.05) is 25.7 Å². The molecule has 1 N–H and O–H groups in total. The van der Waals surface area contributed by atoms with Crippen LogP contribution >= 0.6 is 12.4 Å². The molecule has 4 nitrogen and oxygen atoms in total. The van der Waals surface area contributed by atoms with Crippen molar-refractivity contribution in [2.24, 2.45) is 0 Å². The summed E-state index contributed by atoms with van der Waals surface area (Å²) >= 11 is 0. The molecule has 0 radical (unpaired) electrons. The monoisotopic (exact) mass is 330 g/mol. The fraction of sp³-hybridized carbons (Fsp3) is 0.455. The Hall–Kier alpha value is -0.830. The number of benzene rings is 1. The van der Waals surface area contributed by atoms with Crippen molar-refractivity contribution in [3.63, 3.8) is 0 Å². The van der Waals surface area contributed by atoms with Gasteiger partial charge in [-0.1, -0.05) is 0 Å². The van der Waals surface area contributed by atoms with E-state index < -0.39 is 32.4 Å². The number of nitrogens with one attached hydrogen (secondary N) is 1. The molecule has 1 fully saturated rings. The van der Waals surface area contributed by atoms with E-state index in [1.165, 1.54) is 0 Å². The average Bonchev–Trinajstić information content (AvgIpc) is 2.36. The van der Waals surface area contributed by atoms with Crippen molar-refractivity contribution in [1.29, 1.82) is 0 Å². The summed E-state index contributed by atoms with van der Waals surface area (Å²) in [5, 5.41) is 3.04. The van der Waals surface area contributed by atoms with E-state index in [1.54, 1.807) is 6.92 Å². The molecule has 0 spiro atoms. The Labute approximate surface area is 121 Å². The van der Waals surface area contributed by atoms with Crippen molar-refractivity contribution in [2.45, 2.75) is 17.9 Å². The van der Waals surface area contributed by atoms with E-state index in [2.05, 4.69) is 5.32 Å². The van der Waals surface area contributed by atoms with Crippen LogP contribution in [-0.2, 0) is 10.0 Å². The average molecular weight is 331 g/mol. The van der Waals surface area contributed by atoms with Gasteiger partial charge in [0.25, 0.3) is 0 Å². The molecule has 2 rings (SSSR count). The topological polar surface area (TPSA) is 49.4 Å². The van der Waals surface area contributed by atoms with Crippen molar-refractivity contribution in [3.05, 3.63) is 29.6 Å². The number of hydrogen-bond donors (Lipinski definition) is 1. The molecule has 1 aliphatic heterocycles. The predicted molar refractivity (Wildman–Crippen MR) is 69.8 cm³/mol. The first-order valence-electron chi connectivity index (χ1n) is 5.71. The van der Waals surface area contributed by atoms with Gasteiger partial charge in [0.05, 0.1) is 0 Å². The van der Waals surface area contributed by atoms with Crippen LogP contribution in [0.25, 0.3) is 0 Å². The van der Waals surface area contributed by atoms with Crippen LogP contribution in [0.5, 0.6) is 0 Å². The first-order chi connectivity index (χ1) is 8.84. The molecular weight excluding hydrogens is 317 g/mol. The molecule has 0 saturated carbocycles. The van der Waals surface area contributed by atoms with Gasteiger partial charge in [-0.25, -0.2) is 21.6 Å². The molecule has 0 amide bonds. The van der Waals surface area contributed by atoms with Crippen LogP contribution in [-0.4, -0.2) is 38.4 Å². The molecule has 1 aromatic rings. The first kappa shape index (κ1) is 17.2.